The molecule has 0 heterocycles. The fourth-order valence-corrected chi connectivity index (χ4v) is 3.14. The number of phosphoric ester groups is 1. The molecule has 1 N–H and O–H groups in total. The van der Waals surface area contributed by atoms with Crippen molar-refractivity contribution in [1.29, 1.82) is 0 Å². The summed E-state index contributed by atoms with van der Waals surface area (Å²) in [6.45, 7) is 1.94. The molecular formula is C20H17O5P. The summed E-state index contributed by atoms with van der Waals surface area (Å²) in [6, 6.07) is 21.5. The molecule has 0 aliphatic rings. The van der Waals surface area contributed by atoms with Crippen LogP contribution in [0, 0.1) is 6.92 Å². The molecule has 0 saturated carbocycles. The van der Waals surface area contributed by atoms with E-state index in [2.05, 4.69) is 0 Å². The van der Waals surface area contributed by atoms with Gasteiger partial charge in [0.05, 0.1) is 0 Å². The number of carbonyl (C=O) groups excluding carboxylic acids is 1. The Morgan fingerprint density at radius 2 is 1.42 bits per heavy atom. The van der Waals surface area contributed by atoms with E-state index in [1.165, 1.54) is 12.1 Å². The largest absolute Gasteiger partial charge is 0.584 e. The van der Waals surface area contributed by atoms with Gasteiger partial charge in [-0.3, -0.25) is 9.69 Å². The number of carbonyl (C=O) groups is 1. The molecule has 1 unspecified atom stereocenters. The summed E-state index contributed by atoms with van der Waals surface area (Å²) in [7, 11) is -4.38. The Hall–Kier alpha value is -2.88. The standard InChI is InChI=1S/C20H17O5P/c1-15-10-12-16(13-11-15)20(21)17-6-5-9-19(14-17)25-26(22,23)24-18-7-3-2-4-8-18/h2-14H,1H3,(H,22,23). The zero-order chi connectivity index (χ0) is 18.6. The van der Waals surface area contributed by atoms with Crippen molar-refractivity contribution in [3.63, 3.8) is 0 Å². The van der Waals surface area contributed by atoms with Crippen LogP contribution >= 0.6 is 7.82 Å². The first-order chi connectivity index (χ1) is 12.4. The fraction of sp³-hybridized carbons (Fsp3) is 0.0500. The topological polar surface area (TPSA) is 72.8 Å². The van der Waals surface area contributed by atoms with E-state index in [0.29, 0.717) is 11.1 Å². The molecule has 0 bridgehead atoms. The van der Waals surface area contributed by atoms with Crippen LogP contribution in [-0.2, 0) is 4.57 Å². The summed E-state index contributed by atoms with van der Waals surface area (Å²) in [5.74, 6) is 0.0853. The normalized spacial score (nSPS) is 12.8. The van der Waals surface area contributed by atoms with Gasteiger partial charge in [0.25, 0.3) is 0 Å². The molecule has 1 atom stereocenters. The van der Waals surface area contributed by atoms with Gasteiger partial charge in [0.1, 0.15) is 11.5 Å². The SMILES string of the molecule is Cc1ccc(C(=O)c2cccc(OP(=O)(O)Oc3ccccc3)c2)cc1. The van der Waals surface area contributed by atoms with Crippen molar-refractivity contribution < 1.29 is 23.3 Å². The molecule has 0 radical (unpaired) electrons. The average Bonchev–Trinajstić information content (AvgIpc) is 2.62. The molecule has 5 nitrogen and oxygen atoms in total. The molecule has 0 amide bonds. The Labute approximate surface area is 151 Å². The predicted molar refractivity (Wildman–Crippen MR) is 98.6 cm³/mol. The number of aryl methyl sites for hydroxylation is 1. The molecular weight excluding hydrogens is 351 g/mol. The summed E-state index contributed by atoms with van der Waals surface area (Å²) in [5, 5.41) is 0. The Kier molecular flexibility index (Phi) is 5.21. The van der Waals surface area contributed by atoms with Gasteiger partial charge in [0.2, 0.25) is 0 Å². The Balaban J connectivity index is 1.77. The van der Waals surface area contributed by atoms with Crippen molar-refractivity contribution >= 4 is 13.6 Å². The van der Waals surface area contributed by atoms with Gasteiger partial charge in [-0.1, -0.05) is 60.2 Å². The highest BCUT2D eigenvalue weighted by molar-refractivity contribution is 7.48. The number of para-hydroxylation sites is 1. The minimum absolute atomic E-state index is 0.0738. The molecule has 0 aliphatic heterocycles. The Bertz CT molecular complexity index is 951. The van der Waals surface area contributed by atoms with E-state index in [0.717, 1.165) is 5.56 Å². The van der Waals surface area contributed by atoms with Gasteiger partial charge >= 0.3 is 7.82 Å². The van der Waals surface area contributed by atoms with Crippen LogP contribution < -0.4 is 9.05 Å². The van der Waals surface area contributed by atoms with Crippen LogP contribution in [0.2, 0.25) is 0 Å². The number of ketones is 1. The van der Waals surface area contributed by atoms with Gasteiger partial charge in [0, 0.05) is 11.1 Å². The molecule has 6 heteroatoms. The second-order valence-electron chi connectivity index (χ2n) is 5.69. The van der Waals surface area contributed by atoms with Crippen molar-refractivity contribution in [2.45, 2.75) is 6.92 Å². The Morgan fingerprint density at radius 3 is 2.12 bits per heavy atom. The van der Waals surface area contributed by atoms with Gasteiger partial charge in [-0.05, 0) is 31.2 Å². The fourth-order valence-electron chi connectivity index (χ4n) is 2.33. The lowest BCUT2D eigenvalue weighted by molar-refractivity contribution is 0.103. The number of benzene rings is 3. The van der Waals surface area contributed by atoms with E-state index in [1.54, 1.807) is 54.6 Å². The van der Waals surface area contributed by atoms with Crippen LogP contribution in [0.15, 0.2) is 78.9 Å². The maximum absolute atomic E-state index is 12.5. The first-order valence-corrected chi connectivity index (χ1v) is 9.41. The predicted octanol–water partition coefficient (Wildman–Crippen LogP) is 4.78. The first-order valence-electron chi connectivity index (χ1n) is 7.91. The van der Waals surface area contributed by atoms with E-state index in [-0.39, 0.29) is 17.3 Å². The molecule has 0 spiro atoms. The number of rotatable bonds is 6. The summed E-state index contributed by atoms with van der Waals surface area (Å²) in [4.78, 5) is 22.5. The van der Waals surface area contributed by atoms with Crippen molar-refractivity contribution in [3.8, 4) is 11.5 Å². The molecule has 0 fully saturated rings. The number of hydrogen-bond donors (Lipinski definition) is 1. The van der Waals surface area contributed by atoms with E-state index in [1.807, 2.05) is 19.1 Å². The molecule has 3 aromatic rings. The van der Waals surface area contributed by atoms with Gasteiger partial charge < -0.3 is 9.05 Å². The third kappa shape index (κ3) is 4.60. The van der Waals surface area contributed by atoms with E-state index in [4.69, 9.17) is 9.05 Å². The van der Waals surface area contributed by atoms with Gasteiger partial charge in [0.15, 0.2) is 5.78 Å². The summed E-state index contributed by atoms with van der Waals surface area (Å²) >= 11 is 0. The highest BCUT2D eigenvalue weighted by atomic mass is 31.2. The van der Waals surface area contributed by atoms with Crippen molar-refractivity contribution in [1.82, 2.24) is 0 Å². The monoisotopic (exact) mass is 368 g/mol. The summed E-state index contributed by atoms with van der Waals surface area (Å²) in [6.07, 6.45) is 0. The number of phosphoric acid groups is 1. The maximum Gasteiger partial charge on any atom is 0.584 e. The summed E-state index contributed by atoms with van der Waals surface area (Å²) < 4.78 is 22.3. The second kappa shape index (κ2) is 7.56. The lowest BCUT2D eigenvalue weighted by Gasteiger charge is -2.14. The van der Waals surface area contributed by atoms with Gasteiger partial charge in [-0.2, -0.15) is 0 Å². The molecule has 3 rings (SSSR count). The van der Waals surface area contributed by atoms with Crippen LogP contribution in [0.25, 0.3) is 0 Å². The zero-order valence-electron chi connectivity index (χ0n) is 14.0. The molecule has 0 aromatic heterocycles. The number of hydrogen-bond acceptors (Lipinski definition) is 4. The molecule has 26 heavy (non-hydrogen) atoms. The van der Waals surface area contributed by atoms with E-state index >= 15 is 0 Å². The lowest BCUT2D eigenvalue weighted by Crippen LogP contribution is -2.03. The lowest BCUT2D eigenvalue weighted by atomic mass is 10.0. The Morgan fingerprint density at radius 1 is 0.808 bits per heavy atom. The van der Waals surface area contributed by atoms with E-state index in [9.17, 15) is 14.3 Å². The molecule has 0 saturated heterocycles. The third-order valence-electron chi connectivity index (χ3n) is 3.59. The smallest absolute Gasteiger partial charge is 0.395 e. The van der Waals surface area contributed by atoms with Gasteiger partial charge in [-0.25, -0.2) is 4.57 Å². The van der Waals surface area contributed by atoms with Crippen LogP contribution in [0.3, 0.4) is 0 Å². The minimum Gasteiger partial charge on any atom is -0.395 e. The van der Waals surface area contributed by atoms with Gasteiger partial charge in [-0.15, -0.1) is 0 Å². The molecule has 0 aliphatic carbocycles. The van der Waals surface area contributed by atoms with Crippen LogP contribution in [0.4, 0.5) is 0 Å². The van der Waals surface area contributed by atoms with Crippen LogP contribution in [0.5, 0.6) is 11.5 Å². The highest BCUT2D eigenvalue weighted by Gasteiger charge is 2.25. The highest BCUT2D eigenvalue weighted by Crippen LogP contribution is 2.44. The van der Waals surface area contributed by atoms with Crippen LogP contribution in [0.1, 0.15) is 21.5 Å². The summed E-state index contributed by atoms with van der Waals surface area (Å²) in [5.41, 5.74) is 1.93. The maximum atomic E-state index is 12.5. The van der Waals surface area contributed by atoms with E-state index < -0.39 is 7.82 Å². The van der Waals surface area contributed by atoms with Crippen LogP contribution in [-0.4, -0.2) is 10.7 Å². The van der Waals surface area contributed by atoms with Crippen molar-refractivity contribution in [2.75, 3.05) is 0 Å². The van der Waals surface area contributed by atoms with Crippen molar-refractivity contribution in [3.05, 3.63) is 95.6 Å². The minimum atomic E-state index is -4.38. The third-order valence-corrected chi connectivity index (χ3v) is 4.48. The zero-order valence-corrected chi connectivity index (χ0v) is 14.9. The average molecular weight is 368 g/mol. The second-order valence-corrected chi connectivity index (χ2v) is 6.99. The quantitative estimate of drug-likeness (QED) is 0.500. The molecule has 3 aromatic carbocycles. The van der Waals surface area contributed by atoms with Crippen molar-refractivity contribution in [2.24, 2.45) is 0 Å². The first kappa shape index (κ1) is 17.9. The molecule has 132 valence electrons.